The van der Waals surface area contributed by atoms with Crippen molar-refractivity contribution in [1.82, 2.24) is 0 Å². The summed E-state index contributed by atoms with van der Waals surface area (Å²) in [5.41, 5.74) is 0.422. The van der Waals surface area contributed by atoms with Gasteiger partial charge in [0.1, 0.15) is 11.1 Å². The molecule has 0 spiro atoms. The summed E-state index contributed by atoms with van der Waals surface area (Å²) in [7, 11) is 0. The standard InChI is InChI=1S/C12H12N2OS/c1-9-5-3-4-6-10(9)16-11-7-12(2,8-13)15-14-11/h3-6H,7H2,1-2H3. The van der Waals surface area contributed by atoms with Crippen LogP contribution < -0.4 is 0 Å². The minimum absolute atomic E-state index is 0.558. The molecule has 82 valence electrons. The zero-order valence-electron chi connectivity index (χ0n) is 9.23. The molecule has 3 nitrogen and oxygen atoms in total. The summed E-state index contributed by atoms with van der Waals surface area (Å²) in [6, 6.07) is 10.2. The first kappa shape index (κ1) is 11.0. The molecule has 1 aliphatic rings. The lowest BCUT2D eigenvalue weighted by Gasteiger charge is -2.09. The maximum absolute atomic E-state index is 8.91. The number of aryl methyl sites for hydroxylation is 1. The van der Waals surface area contributed by atoms with Gasteiger partial charge < -0.3 is 4.84 Å². The van der Waals surface area contributed by atoms with Gasteiger partial charge in [0.2, 0.25) is 5.60 Å². The molecule has 0 radical (unpaired) electrons. The van der Waals surface area contributed by atoms with Crippen molar-refractivity contribution in [2.45, 2.75) is 30.8 Å². The van der Waals surface area contributed by atoms with Crippen LogP contribution in [0.3, 0.4) is 0 Å². The fourth-order valence-electron chi connectivity index (χ4n) is 1.42. The van der Waals surface area contributed by atoms with Crippen LogP contribution in [-0.4, -0.2) is 10.6 Å². The maximum Gasteiger partial charge on any atom is 0.225 e. The van der Waals surface area contributed by atoms with Gasteiger partial charge in [-0.15, -0.1) is 0 Å². The van der Waals surface area contributed by atoms with Gasteiger partial charge in [0, 0.05) is 4.90 Å². The molecule has 0 saturated heterocycles. The third kappa shape index (κ3) is 2.20. The Balaban J connectivity index is 2.09. The van der Waals surface area contributed by atoms with E-state index in [9.17, 15) is 0 Å². The van der Waals surface area contributed by atoms with Crippen molar-refractivity contribution in [2.75, 3.05) is 0 Å². The molecule has 1 aromatic rings. The van der Waals surface area contributed by atoms with E-state index in [-0.39, 0.29) is 0 Å². The molecule has 1 aliphatic heterocycles. The van der Waals surface area contributed by atoms with E-state index in [1.165, 1.54) is 5.56 Å². The zero-order chi connectivity index (χ0) is 11.6. The number of nitriles is 1. The van der Waals surface area contributed by atoms with E-state index >= 15 is 0 Å². The molecule has 1 heterocycles. The summed E-state index contributed by atoms with van der Waals surface area (Å²) >= 11 is 1.57. The summed E-state index contributed by atoms with van der Waals surface area (Å²) in [4.78, 5) is 6.28. The Morgan fingerprint density at radius 1 is 1.50 bits per heavy atom. The van der Waals surface area contributed by atoms with Gasteiger partial charge in [-0.2, -0.15) is 5.26 Å². The molecule has 0 N–H and O–H groups in total. The van der Waals surface area contributed by atoms with Crippen LogP contribution in [0.4, 0.5) is 0 Å². The lowest BCUT2D eigenvalue weighted by atomic mass is 10.1. The molecule has 16 heavy (non-hydrogen) atoms. The molecule has 0 aromatic heterocycles. The van der Waals surface area contributed by atoms with Gasteiger partial charge in [0.05, 0.1) is 6.42 Å². The lowest BCUT2D eigenvalue weighted by Crippen LogP contribution is -2.20. The zero-order valence-corrected chi connectivity index (χ0v) is 10.0. The third-order valence-electron chi connectivity index (χ3n) is 2.40. The molecule has 0 bridgehead atoms. The molecular weight excluding hydrogens is 220 g/mol. The quantitative estimate of drug-likeness (QED) is 0.747. The van der Waals surface area contributed by atoms with E-state index in [1.807, 2.05) is 18.2 Å². The lowest BCUT2D eigenvalue weighted by molar-refractivity contribution is 0.0425. The van der Waals surface area contributed by atoms with Gasteiger partial charge in [-0.25, -0.2) is 0 Å². The van der Waals surface area contributed by atoms with Crippen molar-refractivity contribution in [3.8, 4) is 6.07 Å². The number of oxime groups is 1. The van der Waals surface area contributed by atoms with Gasteiger partial charge in [-0.3, -0.25) is 0 Å². The highest BCUT2D eigenvalue weighted by Crippen LogP contribution is 2.32. The van der Waals surface area contributed by atoms with E-state index in [1.54, 1.807) is 18.7 Å². The number of benzene rings is 1. The Hall–Kier alpha value is -1.47. The predicted molar refractivity (Wildman–Crippen MR) is 64.2 cm³/mol. The summed E-state index contributed by atoms with van der Waals surface area (Å²) in [5.74, 6) is 0. The third-order valence-corrected chi connectivity index (χ3v) is 3.53. The number of nitrogens with zero attached hydrogens (tertiary/aromatic N) is 2. The van der Waals surface area contributed by atoms with E-state index in [2.05, 4.69) is 24.2 Å². The van der Waals surface area contributed by atoms with Gasteiger partial charge in [0.25, 0.3) is 0 Å². The topological polar surface area (TPSA) is 45.4 Å². The minimum atomic E-state index is -0.787. The molecule has 1 unspecified atom stereocenters. The van der Waals surface area contributed by atoms with Crippen LogP contribution in [0, 0.1) is 18.3 Å². The number of rotatable bonds is 1. The van der Waals surface area contributed by atoms with Gasteiger partial charge >= 0.3 is 0 Å². The normalized spacial score (nSPS) is 23.4. The molecule has 0 saturated carbocycles. The van der Waals surface area contributed by atoms with Gasteiger partial charge in [-0.05, 0) is 25.5 Å². The summed E-state index contributed by atoms with van der Waals surface area (Å²) in [5, 5.41) is 13.7. The number of hydrogen-bond acceptors (Lipinski definition) is 4. The van der Waals surface area contributed by atoms with E-state index in [0.29, 0.717) is 6.42 Å². The molecule has 1 aromatic carbocycles. The molecule has 4 heteroatoms. The molecule has 0 amide bonds. The largest absolute Gasteiger partial charge is 0.373 e. The van der Waals surface area contributed by atoms with Crippen LogP contribution in [0.5, 0.6) is 0 Å². The maximum atomic E-state index is 8.91. The Morgan fingerprint density at radius 3 is 2.88 bits per heavy atom. The second kappa shape index (κ2) is 4.18. The second-order valence-electron chi connectivity index (χ2n) is 3.96. The first-order chi connectivity index (χ1) is 7.63. The van der Waals surface area contributed by atoms with Crippen molar-refractivity contribution in [1.29, 1.82) is 5.26 Å². The van der Waals surface area contributed by atoms with Crippen LogP contribution in [-0.2, 0) is 4.84 Å². The van der Waals surface area contributed by atoms with Gasteiger partial charge in [0.15, 0.2) is 0 Å². The van der Waals surface area contributed by atoms with Crippen LogP contribution >= 0.6 is 11.8 Å². The summed E-state index contributed by atoms with van der Waals surface area (Å²) in [6.07, 6.45) is 0.558. The molecule has 1 atom stereocenters. The molecule has 0 aliphatic carbocycles. The van der Waals surface area contributed by atoms with Crippen LogP contribution in [0.1, 0.15) is 18.9 Å². The van der Waals surface area contributed by atoms with Crippen LogP contribution in [0.15, 0.2) is 34.3 Å². The highest BCUT2D eigenvalue weighted by atomic mass is 32.2. The Bertz CT molecular complexity index is 478. The smallest absolute Gasteiger partial charge is 0.225 e. The Kier molecular flexibility index (Phi) is 2.88. The van der Waals surface area contributed by atoms with E-state index < -0.39 is 5.60 Å². The molecule has 0 fully saturated rings. The van der Waals surface area contributed by atoms with Crippen molar-refractivity contribution in [2.24, 2.45) is 5.16 Å². The highest BCUT2D eigenvalue weighted by molar-refractivity contribution is 8.14. The Labute approximate surface area is 99.1 Å². The Morgan fingerprint density at radius 2 is 2.25 bits per heavy atom. The number of hydrogen-bond donors (Lipinski definition) is 0. The van der Waals surface area contributed by atoms with Crippen molar-refractivity contribution < 1.29 is 4.84 Å². The second-order valence-corrected chi connectivity index (χ2v) is 5.08. The highest BCUT2D eigenvalue weighted by Gasteiger charge is 2.34. The first-order valence-corrected chi connectivity index (χ1v) is 5.84. The minimum Gasteiger partial charge on any atom is -0.373 e. The first-order valence-electron chi connectivity index (χ1n) is 5.03. The van der Waals surface area contributed by atoms with Gasteiger partial charge in [-0.1, -0.05) is 35.1 Å². The monoisotopic (exact) mass is 232 g/mol. The summed E-state index contributed by atoms with van der Waals surface area (Å²) < 4.78 is 0. The molecule has 2 rings (SSSR count). The predicted octanol–water partition coefficient (Wildman–Crippen LogP) is 3.10. The molecular formula is C12H12N2OS. The number of thioether (sulfide) groups is 1. The van der Waals surface area contributed by atoms with E-state index in [0.717, 1.165) is 9.94 Å². The van der Waals surface area contributed by atoms with E-state index in [4.69, 9.17) is 10.1 Å². The summed E-state index contributed by atoms with van der Waals surface area (Å²) in [6.45, 7) is 3.81. The van der Waals surface area contributed by atoms with Crippen molar-refractivity contribution >= 4 is 16.8 Å². The fraction of sp³-hybridized carbons (Fsp3) is 0.333. The van der Waals surface area contributed by atoms with Crippen LogP contribution in [0.25, 0.3) is 0 Å². The SMILES string of the molecule is Cc1ccccc1SC1=NOC(C)(C#N)C1. The van der Waals surface area contributed by atoms with Crippen LogP contribution in [0.2, 0.25) is 0 Å². The average Bonchev–Trinajstić information content (AvgIpc) is 2.65. The fourth-order valence-corrected chi connectivity index (χ4v) is 2.47. The van der Waals surface area contributed by atoms with Crippen molar-refractivity contribution in [3.63, 3.8) is 0 Å². The average molecular weight is 232 g/mol. The van der Waals surface area contributed by atoms with Crippen molar-refractivity contribution in [3.05, 3.63) is 29.8 Å².